The Hall–Kier alpha value is -2.48. The summed E-state index contributed by atoms with van der Waals surface area (Å²) in [5.74, 6) is -0.486. The third kappa shape index (κ3) is 4.19. The number of fused-ring (bicyclic) bond motifs is 1. The number of halogens is 1. The number of benzene rings is 2. The van der Waals surface area contributed by atoms with E-state index in [0.717, 1.165) is 10.9 Å². The van der Waals surface area contributed by atoms with Crippen molar-refractivity contribution in [2.24, 2.45) is 0 Å². The van der Waals surface area contributed by atoms with Crippen molar-refractivity contribution in [3.8, 4) is 0 Å². The van der Waals surface area contributed by atoms with Crippen LogP contribution in [0.4, 0.5) is 5.69 Å². The lowest BCUT2D eigenvalue weighted by Gasteiger charge is -2.14. The van der Waals surface area contributed by atoms with Crippen molar-refractivity contribution < 1.29 is 13.2 Å². The Morgan fingerprint density at radius 3 is 2.54 bits per heavy atom. The van der Waals surface area contributed by atoms with E-state index in [1.807, 2.05) is 24.3 Å². The molecule has 1 aromatic heterocycles. The molecule has 0 saturated heterocycles. The summed E-state index contributed by atoms with van der Waals surface area (Å²) in [6.07, 6.45) is 1.53. The summed E-state index contributed by atoms with van der Waals surface area (Å²) in [6, 6.07) is 14.0. The molecule has 2 N–H and O–H groups in total. The SMILES string of the molecule is C[C@H](NS(=O)(=O)c1ccc(Cl)cc1)C(=O)Nc1cnc2ccccc2c1. The maximum Gasteiger partial charge on any atom is 0.242 e. The minimum absolute atomic E-state index is 0.0360. The van der Waals surface area contributed by atoms with Gasteiger partial charge >= 0.3 is 0 Å². The molecule has 26 heavy (non-hydrogen) atoms. The molecule has 0 spiro atoms. The molecule has 0 aliphatic heterocycles. The Labute approximate surface area is 156 Å². The normalized spacial score (nSPS) is 12.7. The highest BCUT2D eigenvalue weighted by atomic mass is 35.5. The van der Waals surface area contributed by atoms with E-state index in [0.29, 0.717) is 10.7 Å². The fourth-order valence-corrected chi connectivity index (χ4v) is 3.69. The van der Waals surface area contributed by atoms with Crippen molar-refractivity contribution in [1.82, 2.24) is 9.71 Å². The minimum Gasteiger partial charge on any atom is -0.323 e. The molecule has 3 rings (SSSR count). The monoisotopic (exact) mass is 389 g/mol. The molecule has 1 atom stereocenters. The van der Waals surface area contributed by atoms with E-state index in [9.17, 15) is 13.2 Å². The van der Waals surface area contributed by atoms with E-state index in [4.69, 9.17) is 11.6 Å². The van der Waals surface area contributed by atoms with Gasteiger partial charge < -0.3 is 5.32 Å². The first kappa shape index (κ1) is 18.3. The van der Waals surface area contributed by atoms with Crippen molar-refractivity contribution in [2.45, 2.75) is 17.9 Å². The van der Waals surface area contributed by atoms with Crippen LogP contribution in [-0.2, 0) is 14.8 Å². The maximum atomic E-state index is 12.3. The zero-order valence-electron chi connectivity index (χ0n) is 13.8. The fourth-order valence-electron chi connectivity index (χ4n) is 2.36. The lowest BCUT2D eigenvalue weighted by atomic mass is 10.2. The lowest BCUT2D eigenvalue weighted by Crippen LogP contribution is -2.41. The Morgan fingerprint density at radius 2 is 1.81 bits per heavy atom. The summed E-state index contributed by atoms with van der Waals surface area (Å²) >= 11 is 5.76. The van der Waals surface area contributed by atoms with Crippen LogP contribution in [0, 0.1) is 0 Å². The van der Waals surface area contributed by atoms with Crippen LogP contribution in [0.3, 0.4) is 0 Å². The van der Waals surface area contributed by atoms with Gasteiger partial charge in [0.2, 0.25) is 15.9 Å². The molecule has 134 valence electrons. The number of rotatable bonds is 5. The standard InChI is InChI=1S/C18H16ClN3O3S/c1-12(22-26(24,25)16-8-6-14(19)7-9-16)18(23)21-15-10-13-4-2-3-5-17(13)20-11-15/h2-12,22H,1H3,(H,21,23)/t12-/m0/s1. The van der Waals surface area contributed by atoms with E-state index in [1.54, 1.807) is 6.07 Å². The molecule has 0 saturated carbocycles. The third-order valence-electron chi connectivity index (χ3n) is 3.71. The number of sulfonamides is 1. The van der Waals surface area contributed by atoms with Gasteiger partial charge in [-0.1, -0.05) is 29.8 Å². The molecule has 0 aliphatic carbocycles. The molecule has 1 amide bonds. The summed E-state index contributed by atoms with van der Waals surface area (Å²) in [6.45, 7) is 1.47. The Morgan fingerprint density at radius 1 is 1.12 bits per heavy atom. The van der Waals surface area contributed by atoms with E-state index >= 15 is 0 Å². The second-order valence-electron chi connectivity index (χ2n) is 5.70. The van der Waals surface area contributed by atoms with Crippen molar-refractivity contribution in [2.75, 3.05) is 5.32 Å². The zero-order valence-corrected chi connectivity index (χ0v) is 15.4. The Kier molecular flexibility index (Phi) is 5.22. The van der Waals surface area contributed by atoms with Crippen LogP contribution < -0.4 is 10.0 Å². The van der Waals surface area contributed by atoms with Gasteiger partial charge in [0.25, 0.3) is 0 Å². The Bertz CT molecular complexity index is 1050. The summed E-state index contributed by atoms with van der Waals surface area (Å²) in [7, 11) is -3.83. The van der Waals surface area contributed by atoms with Gasteiger partial charge in [0.1, 0.15) is 0 Å². The summed E-state index contributed by atoms with van der Waals surface area (Å²) < 4.78 is 27.0. The quantitative estimate of drug-likeness (QED) is 0.701. The van der Waals surface area contributed by atoms with Gasteiger partial charge in [-0.3, -0.25) is 9.78 Å². The average molecular weight is 390 g/mol. The fraction of sp³-hybridized carbons (Fsp3) is 0.111. The molecular weight excluding hydrogens is 374 g/mol. The van der Waals surface area contributed by atoms with Crippen LogP contribution in [0.15, 0.2) is 65.7 Å². The largest absolute Gasteiger partial charge is 0.323 e. The molecule has 1 heterocycles. The third-order valence-corrected chi connectivity index (χ3v) is 5.52. The molecular formula is C18H16ClN3O3S. The van der Waals surface area contributed by atoms with Crippen molar-refractivity contribution in [3.05, 3.63) is 65.8 Å². The van der Waals surface area contributed by atoms with Gasteiger partial charge in [0.15, 0.2) is 0 Å². The molecule has 0 fully saturated rings. The molecule has 0 bridgehead atoms. The van der Waals surface area contributed by atoms with Crippen molar-refractivity contribution in [3.63, 3.8) is 0 Å². The Balaban J connectivity index is 1.71. The van der Waals surface area contributed by atoms with Crippen molar-refractivity contribution >= 4 is 44.1 Å². The zero-order chi connectivity index (χ0) is 18.7. The van der Waals surface area contributed by atoms with E-state index in [2.05, 4.69) is 15.0 Å². The first-order chi connectivity index (χ1) is 12.3. The van der Waals surface area contributed by atoms with Gasteiger partial charge in [-0.2, -0.15) is 4.72 Å². The second-order valence-corrected chi connectivity index (χ2v) is 7.85. The van der Waals surface area contributed by atoms with Crippen LogP contribution in [0.25, 0.3) is 10.9 Å². The van der Waals surface area contributed by atoms with Gasteiger partial charge in [-0.25, -0.2) is 8.42 Å². The van der Waals surface area contributed by atoms with Crippen LogP contribution in [0.5, 0.6) is 0 Å². The highest BCUT2D eigenvalue weighted by Crippen LogP contribution is 2.17. The number of carbonyl (C=O) groups is 1. The minimum atomic E-state index is -3.83. The van der Waals surface area contributed by atoms with Gasteiger partial charge in [0, 0.05) is 10.4 Å². The molecule has 8 heteroatoms. The predicted molar refractivity (Wildman–Crippen MR) is 102 cm³/mol. The maximum absolute atomic E-state index is 12.3. The number of amides is 1. The molecule has 2 aromatic carbocycles. The van der Waals surface area contributed by atoms with Gasteiger partial charge in [-0.05, 0) is 43.3 Å². The number of hydrogen-bond acceptors (Lipinski definition) is 4. The summed E-state index contributed by atoms with van der Waals surface area (Å²) in [4.78, 5) is 16.6. The van der Waals surface area contributed by atoms with Gasteiger partial charge in [-0.15, -0.1) is 0 Å². The van der Waals surface area contributed by atoms with Crippen LogP contribution in [0.1, 0.15) is 6.92 Å². The number of pyridine rings is 1. The van der Waals surface area contributed by atoms with Crippen LogP contribution in [0.2, 0.25) is 5.02 Å². The molecule has 6 nitrogen and oxygen atoms in total. The number of anilines is 1. The van der Waals surface area contributed by atoms with E-state index < -0.39 is 22.0 Å². The summed E-state index contributed by atoms with van der Waals surface area (Å²) in [5, 5.41) is 3.97. The number of nitrogens with one attached hydrogen (secondary N) is 2. The second kappa shape index (κ2) is 7.41. The highest BCUT2D eigenvalue weighted by Gasteiger charge is 2.22. The van der Waals surface area contributed by atoms with E-state index in [-0.39, 0.29) is 4.90 Å². The van der Waals surface area contributed by atoms with Crippen LogP contribution in [-0.4, -0.2) is 25.4 Å². The smallest absolute Gasteiger partial charge is 0.242 e. The van der Waals surface area contributed by atoms with E-state index in [1.165, 1.54) is 37.4 Å². The molecule has 0 unspecified atom stereocenters. The topological polar surface area (TPSA) is 88.2 Å². The summed E-state index contributed by atoms with van der Waals surface area (Å²) in [5.41, 5.74) is 1.30. The first-order valence-electron chi connectivity index (χ1n) is 7.79. The molecule has 0 radical (unpaired) electrons. The number of hydrogen-bond donors (Lipinski definition) is 2. The van der Waals surface area contributed by atoms with Crippen LogP contribution >= 0.6 is 11.6 Å². The highest BCUT2D eigenvalue weighted by molar-refractivity contribution is 7.89. The first-order valence-corrected chi connectivity index (χ1v) is 9.65. The number of carbonyl (C=O) groups excluding carboxylic acids is 1. The average Bonchev–Trinajstić information content (AvgIpc) is 2.61. The number of nitrogens with zero attached hydrogens (tertiary/aromatic N) is 1. The predicted octanol–water partition coefficient (Wildman–Crippen LogP) is 3.19. The number of para-hydroxylation sites is 1. The molecule has 3 aromatic rings. The lowest BCUT2D eigenvalue weighted by molar-refractivity contribution is -0.117. The van der Waals surface area contributed by atoms with Gasteiger partial charge in [0.05, 0.1) is 28.3 Å². The number of aromatic nitrogens is 1. The molecule has 0 aliphatic rings. The van der Waals surface area contributed by atoms with Crippen molar-refractivity contribution in [1.29, 1.82) is 0 Å².